The molecule has 3 rings (SSSR count). The lowest BCUT2D eigenvalue weighted by Crippen LogP contribution is -2.36. The molecule has 0 radical (unpaired) electrons. The van der Waals surface area contributed by atoms with E-state index in [0.717, 1.165) is 22.4 Å². The molecule has 0 aromatic heterocycles. The van der Waals surface area contributed by atoms with Crippen molar-refractivity contribution in [2.45, 2.75) is 32.4 Å². The number of nitrogens with one attached hydrogen (secondary N) is 1. The summed E-state index contributed by atoms with van der Waals surface area (Å²) in [6, 6.07) is 10.7. The zero-order valence-electron chi connectivity index (χ0n) is 13.1. The van der Waals surface area contributed by atoms with Crippen LogP contribution in [0.2, 0.25) is 5.02 Å². The number of fused-ring (bicyclic) bond motifs is 1. The summed E-state index contributed by atoms with van der Waals surface area (Å²) >= 11 is 6.12. The van der Waals surface area contributed by atoms with Crippen LogP contribution in [0.1, 0.15) is 30.5 Å². The molecule has 0 fully saturated rings. The maximum absolute atomic E-state index is 14.0. The Balaban J connectivity index is 1.96. The summed E-state index contributed by atoms with van der Waals surface area (Å²) in [4.78, 5) is 0. The quantitative estimate of drug-likeness (QED) is 0.778. The normalized spacial score (nSPS) is 20.8. The molecule has 23 heavy (non-hydrogen) atoms. The molecular weight excluding hydrogens is 313 g/mol. The van der Waals surface area contributed by atoms with Crippen molar-refractivity contribution in [2.75, 3.05) is 5.32 Å². The number of anilines is 1. The average molecular weight is 332 g/mol. The first kappa shape index (κ1) is 16.0. The van der Waals surface area contributed by atoms with Gasteiger partial charge in [0.2, 0.25) is 0 Å². The van der Waals surface area contributed by atoms with E-state index >= 15 is 0 Å². The van der Waals surface area contributed by atoms with Crippen LogP contribution in [-0.2, 0) is 6.42 Å². The number of aliphatic hydroxyl groups is 1. The van der Waals surface area contributed by atoms with E-state index in [2.05, 4.69) is 5.32 Å². The second-order valence-electron chi connectivity index (χ2n) is 6.05. The van der Waals surface area contributed by atoms with Gasteiger partial charge in [-0.1, -0.05) is 35.9 Å². The molecule has 2 unspecified atom stereocenters. The highest BCUT2D eigenvalue weighted by molar-refractivity contribution is 6.32. The van der Waals surface area contributed by atoms with Crippen LogP contribution < -0.4 is 5.32 Å². The maximum Gasteiger partial charge on any atom is 0.132 e. The fourth-order valence-corrected chi connectivity index (χ4v) is 3.25. The molecule has 4 heteroatoms. The summed E-state index contributed by atoms with van der Waals surface area (Å²) < 4.78 is 14.0. The predicted octanol–water partition coefficient (Wildman–Crippen LogP) is 4.76. The number of hydrogen-bond acceptors (Lipinski definition) is 2. The second-order valence-corrected chi connectivity index (χ2v) is 6.45. The van der Waals surface area contributed by atoms with Crippen molar-refractivity contribution in [3.63, 3.8) is 0 Å². The van der Waals surface area contributed by atoms with Crippen LogP contribution >= 0.6 is 11.6 Å². The number of benzene rings is 2. The number of allylic oxidation sites excluding steroid dienone is 1. The largest absolute Gasteiger partial charge is 0.391 e. The molecule has 0 saturated carbocycles. The first-order chi connectivity index (χ1) is 11.0. The number of halogens is 2. The molecule has 2 atom stereocenters. The minimum atomic E-state index is -0.372. The molecule has 1 aliphatic rings. The van der Waals surface area contributed by atoms with Gasteiger partial charge < -0.3 is 10.4 Å². The van der Waals surface area contributed by atoms with Crippen molar-refractivity contribution in [3.8, 4) is 0 Å². The Hall–Kier alpha value is -1.84. The molecule has 0 spiro atoms. The van der Waals surface area contributed by atoms with E-state index in [4.69, 9.17) is 11.6 Å². The van der Waals surface area contributed by atoms with Crippen molar-refractivity contribution in [1.82, 2.24) is 0 Å². The molecule has 1 aliphatic heterocycles. The molecular formula is C19H19ClFNO. The topological polar surface area (TPSA) is 32.3 Å². The molecule has 1 heterocycles. The van der Waals surface area contributed by atoms with Crippen molar-refractivity contribution in [1.29, 1.82) is 0 Å². The average Bonchev–Trinajstić information content (AvgIpc) is 2.48. The fraction of sp³-hybridized carbons (Fsp3) is 0.263. The minimum Gasteiger partial charge on any atom is -0.391 e. The highest BCUT2D eigenvalue weighted by atomic mass is 35.5. The Bertz CT molecular complexity index is 752. The van der Waals surface area contributed by atoms with Crippen molar-refractivity contribution in [2.24, 2.45) is 0 Å². The van der Waals surface area contributed by atoms with E-state index in [1.54, 1.807) is 12.1 Å². The molecule has 0 saturated heterocycles. The zero-order chi connectivity index (χ0) is 16.6. The minimum absolute atomic E-state index is 0.0174. The molecule has 0 amide bonds. The third kappa shape index (κ3) is 3.26. The van der Waals surface area contributed by atoms with Crippen molar-refractivity contribution < 1.29 is 9.50 Å². The van der Waals surface area contributed by atoms with E-state index in [9.17, 15) is 9.50 Å². The summed E-state index contributed by atoms with van der Waals surface area (Å²) in [6.45, 7) is 3.81. The summed E-state index contributed by atoms with van der Waals surface area (Å²) in [7, 11) is 0. The summed E-state index contributed by atoms with van der Waals surface area (Å²) in [5, 5.41) is 13.6. The van der Waals surface area contributed by atoms with Gasteiger partial charge in [-0.15, -0.1) is 0 Å². The standard InChI is InChI=1S/C19H19ClFNO/c1-11(19-15(20)4-3-5-16(19)21)8-13-6-7-14-10-18(23)12(2)22-17(14)9-13/h3-9,12,18,22-23H,10H2,1-2H3/b11-8+. The highest BCUT2D eigenvalue weighted by Crippen LogP contribution is 2.30. The first-order valence-electron chi connectivity index (χ1n) is 7.66. The van der Waals surface area contributed by atoms with Gasteiger partial charge in [-0.05, 0) is 48.7 Å². The van der Waals surface area contributed by atoms with Crippen molar-refractivity contribution in [3.05, 3.63) is 63.9 Å². The Morgan fingerprint density at radius 1 is 1.35 bits per heavy atom. The first-order valence-corrected chi connectivity index (χ1v) is 8.03. The molecule has 2 aromatic rings. The molecule has 2 nitrogen and oxygen atoms in total. The lowest BCUT2D eigenvalue weighted by molar-refractivity contribution is 0.154. The SMILES string of the molecule is C/C(=C\c1ccc2c(c1)NC(C)C(O)C2)c1c(F)cccc1Cl. The van der Waals surface area contributed by atoms with Crippen LogP contribution in [-0.4, -0.2) is 17.3 Å². The Morgan fingerprint density at radius 3 is 2.87 bits per heavy atom. The van der Waals surface area contributed by atoms with Gasteiger partial charge in [-0.2, -0.15) is 0 Å². The van der Waals surface area contributed by atoms with E-state index < -0.39 is 0 Å². The second kappa shape index (κ2) is 6.34. The Kier molecular flexibility index (Phi) is 4.42. The number of rotatable bonds is 2. The van der Waals surface area contributed by atoms with Crippen LogP contribution in [0.5, 0.6) is 0 Å². The van der Waals surface area contributed by atoms with Gasteiger partial charge in [0.25, 0.3) is 0 Å². The third-order valence-corrected chi connectivity index (χ3v) is 4.58. The van der Waals surface area contributed by atoms with Gasteiger partial charge in [-0.3, -0.25) is 0 Å². The van der Waals surface area contributed by atoms with Gasteiger partial charge in [0, 0.05) is 23.7 Å². The van der Waals surface area contributed by atoms with Crippen LogP contribution in [0, 0.1) is 5.82 Å². The van der Waals surface area contributed by atoms with E-state index in [1.807, 2.05) is 38.1 Å². The lowest BCUT2D eigenvalue weighted by atomic mass is 9.94. The zero-order valence-corrected chi connectivity index (χ0v) is 13.9. The third-order valence-electron chi connectivity index (χ3n) is 4.26. The van der Waals surface area contributed by atoms with Gasteiger partial charge in [0.1, 0.15) is 5.82 Å². The fourth-order valence-electron chi connectivity index (χ4n) is 2.94. The lowest BCUT2D eigenvalue weighted by Gasteiger charge is -2.29. The summed E-state index contributed by atoms with van der Waals surface area (Å²) in [6.07, 6.45) is 2.19. The van der Waals surface area contributed by atoms with Gasteiger partial charge >= 0.3 is 0 Å². The van der Waals surface area contributed by atoms with E-state index in [0.29, 0.717) is 17.0 Å². The highest BCUT2D eigenvalue weighted by Gasteiger charge is 2.22. The van der Waals surface area contributed by atoms with Crippen LogP contribution in [0.4, 0.5) is 10.1 Å². The van der Waals surface area contributed by atoms with Gasteiger partial charge in [0.05, 0.1) is 11.1 Å². The molecule has 120 valence electrons. The number of aliphatic hydroxyl groups excluding tert-OH is 1. The number of hydrogen-bond donors (Lipinski definition) is 2. The van der Waals surface area contributed by atoms with Gasteiger partial charge in [0.15, 0.2) is 0 Å². The van der Waals surface area contributed by atoms with Crippen molar-refractivity contribution >= 4 is 28.9 Å². The summed E-state index contributed by atoms with van der Waals surface area (Å²) in [5.41, 5.74) is 4.29. The van der Waals surface area contributed by atoms with Crippen LogP contribution in [0.3, 0.4) is 0 Å². The smallest absolute Gasteiger partial charge is 0.132 e. The summed E-state index contributed by atoms with van der Waals surface area (Å²) in [5.74, 6) is -0.320. The van der Waals surface area contributed by atoms with Crippen LogP contribution in [0.25, 0.3) is 11.6 Å². The molecule has 0 bridgehead atoms. The van der Waals surface area contributed by atoms with Gasteiger partial charge in [-0.25, -0.2) is 4.39 Å². The predicted molar refractivity (Wildman–Crippen MR) is 94.2 cm³/mol. The molecule has 2 N–H and O–H groups in total. The Morgan fingerprint density at radius 2 is 2.13 bits per heavy atom. The van der Waals surface area contributed by atoms with Crippen LogP contribution in [0.15, 0.2) is 36.4 Å². The Labute approximate surface area is 140 Å². The maximum atomic E-state index is 14.0. The molecule has 0 aliphatic carbocycles. The molecule has 2 aromatic carbocycles. The van der Waals surface area contributed by atoms with E-state index in [-0.39, 0.29) is 18.0 Å². The van der Waals surface area contributed by atoms with E-state index in [1.165, 1.54) is 6.07 Å². The monoisotopic (exact) mass is 331 g/mol.